The van der Waals surface area contributed by atoms with Crippen molar-refractivity contribution in [3.8, 4) is 39.5 Å². The molecule has 0 N–H and O–H groups in total. The van der Waals surface area contributed by atoms with Gasteiger partial charge in [0.2, 0.25) is 11.7 Å². The van der Waals surface area contributed by atoms with E-state index in [0.717, 1.165) is 37.8 Å². The zero-order chi connectivity index (χ0) is 38.4. The maximum atomic E-state index is 14.7. The van der Waals surface area contributed by atoms with Crippen molar-refractivity contribution in [2.45, 2.75) is 96.8 Å². The van der Waals surface area contributed by atoms with Crippen molar-refractivity contribution in [3.05, 3.63) is 101 Å². The molecular weight excluding hydrogens is 704 g/mol. The van der Waals surface area contributed by atoms with Crippen LogP contribution < -0.4 is 14.2 Å². The SMILES string of the molecule is CCOc1ccc(-c2ccc(OCCCCCCCC(F)(F)CCCCCCCOc3ccc(-c4ccc(C)c(F)c4F)c(F)c3)cc2F)c(F)c1F. The van der Waals surface area contributed by atoms with Gasteiger partial charge in [-0.3, -0.25) is 0 Å². The molecule has 0 aromatic heterocycles. The smallest absolute Gasteiger partial charge is 0.248 e. The molecule has 0 heterocycles. The van der Waals surface area contributed by atoms with Gasteiger partial charge < -0.3 is 14.2 Å². The summed E-state index contributed by atoms with van der Waals surface area (Å²) in [6.45, 7) is 3.85. The Hall–Kier alpha value is -4.28. The Morgan fingerprint density at radius 1 is 0.472 bits per heavy atom. The maximum Gasteiger partial charge on any atom is 0.248 e. The van der Waals surface area contributed by atoms with Crippen LogP contribution in [0.25, 0.3) is 22.3 Å². The van der Waals surface area contributed by atoms with Gasteiger partial charge in [0, 0.05) is 47.2 Å². The summed E-state index contributed by atoms with van der Waals surface area (Å²) in [6, 6.07) is 13.2. The number of rotatable bonds is 22. The second kappa shape index (κ2) is 20.3. The molecule has 0 fully saturated rings. The van der Waals surface area contributed by atoms with Gasteiger partial charge in [-0.1, -0.05) is 50.7 Å². The van der Waals surface area contributed by atoms with Crippen LogP contribution in [0.4, 0.5) is 35.1 Å². The molecule has 288 valence electrons. The fourth-order valence-corrected chi connectivity index (χ4v) is 6.01. The lowest BCUT2D eigenvalue weighted by Gasteiger charge is -2.16. The predicted molar refractivity (Wildman–Crippen MR) is 191 cm³/mol. The molecule has 53 heavy (non-hydrogen) atoms. The van der Waals surface area contributed by atoms with Crippen LogP contribution in [0.1, 0.15) is 89.5 Å². The van der Waals surface area contributed by atoms with Crippen LogP contribution in [-0.4, -0.2) is 25.7 Å². The van der Waals surface area contributed by atoms with Gasteiger partial charge in [0.05, 0.1) is 19.8 Å². The van der Waals surface area contributed by atoms with Crippen molar-refractivity contribution < 1.29 is 49.3 Å². The molecule has 0 saturated heterocycles. The van der Waals surface area contributed by atoms with Crippen molar-refractivity contribution in [1.29, 1.82) is 0 Å². The monoisotopic (exact) mass is 750 g/mol. The summed E-state index contributed by atoms with van der Waals surface area (Å²) in [5.41, 5.74) is -0.410. The number of unbranched alkanes of at least 4 members (excludes halogenated alkanes) is 8. The maximum absolute atomic E-state index is 14.7. The second-order valence-electron chi connectivity index (χ2n) is 13.1. The molecule has 0 aliphatic carbocycles. The van der Waals surface area contributed by atoms with E-state index >= 15 is 0 Å². The number of aryl methyl sites for hydroxylation is 1. The van der Waals surface area contributed by atoms with Crippen molar-refractivity contribution in [1.82, 2.24) is 0 Å². The summed E-state index contributed by atoms with van der Waals surface area (Å²) in [5.74, 6) is -8.40. The molecule has 4 aromatic carbocycles. The van der Waals surface area contributed by atoms with Gasteiger partial charge in [0.25, 0.3) is 0 Å². The minimum atomic E-state index is -2.72. The number of hydrogen-bond donors (Lipinski definition) is 0. The number of halogens is 8. The second-order valence-corrected chi connectivity index (χ2v) is 13.1. The standard InChI is InChI=1S/C42H46F8O3/c1-3-51-37-21-20-34(40(47)41(37)48)32-19-16-30(27-36(32)44)53-25-13-9-5-7-11-23-42(49,50)22-10-6-4-8-12-24-52-29-15-18-31(35(43)26-29)33-17-14-28(2)38(45)39(33)46/h14-21,26-27H,3-13,22-25H2,1-2H3. The molecule has 0 bridgehead atoms. The summed E-state index contributed by atoms with van der Waals surface area (Å²) >= 11 is 0. The summed E-state index contributed by atoms with van der Waals surface area (Å²) in [4.78, 5) is 0. The summed E-state index contributed by atoms with van der Waals surface area (Å²) < 4.78 is 131. The van der Waals surface area contributed by atoms with Gasteiger partial charge in [-0.2, -0.15) is 4.39 Å². The van der Waals surface area contributed by atoms with Gasteiger partial charge >= 0.3 is 0 Å². The van der Waals surface area contributed by atoms with Crippen LogP contribution in [0.5, 0.6) is 17.2 Å². The number of ether oxygens (including phenoxy) is 3. The summed E-state index contributed by atoms with van der Waals surface area (Å²) in [5, 5.41) is 0. The van der Waals surface area contributed by atoms with Crippen molar-refractivity contribution in [2.75, 3.05) is 19.8 Å². The molecule has 11 heteroatoms. The van der Waals surface area contributed by atoms with E-state index in [0.29, 0.717) is 51.7 Å². The Labute approximate surface area is 306 Å². The van der Waals surface area contributed by atoms with E-state index < -0.39 is 40.8 Å². The topological polar surface area (TPSA) is 27.7 Å². The van der Waals surface area contributed by atoms with Crippen LogP contribution in [-0.2, 0) is 0 Å². The quantitative estimate of drug-likeness (QED) is 0.0591. The zero-order valence-corrected chi connectivity index (χ0v) is 30.1. The molecule has 0 aliphatic rings. The number of benzene rings is 4. The van der Waals surface area contributed by atoms with E-state index in [-0.39, 0.29) is 64.5 Å². The van der Waals surface area contributed by atoms with Gasteiger partial charge in [-0.25, -0.2) is 30.7 Å². The summed E-state index contributed by atoms with van der Waals surface area (Å²) in [6.07, 6.45) is 6.23. The first-order valence-electron chi connectivity index (χ1n) is 18.2. The Kier molecular flexibility index (Phi) is 15.8. The first-order chi connectivity index (χ1) is 25.4. The number of hydrogen-bond acceptors (Lipinski definition) is 3. The average Bonchev–Trinajstić information content (AvgIpc) is 3.12. The van der Waals surface area contributed by atoms with Crippen molar-refractivity contribution in [2.24, 2.45) is 0 Å². The van der Waals surface area contributed by atoms with Gasteiger partial charge in [0.1, 0.15) is 23.1 Å². The van der Waals surface area contributed by atoms with E-state index in [1.54, 1.807) is 6.92 Å². The van der Waals surface area contributed by atoms with E-state index in [1.807, 2.05) is 0 Å². The van der Waals surface area contributed by atoms with E-state index in [2.05, 4.69) is 0 Å². The molecular formula is C42H46F8O3. The van der Waals surface area contributed by atoms with Crippen molar-refractivity contribution >= 4 is 0 Å². The van der Waals surface area contributed by atoms with Crippen LogP contribution >= 0.6 is 0 Å². The highest BCUT2D eigenvalue weighted by Crippen LogP contribution is 2.34. The third kappa shape index (κ3) is 12.1. The number of alkyl halides is 2. The van der Waals surface area contributed by atoms with E-state index in [1.165, 1.54) is 55.5 Å². The lowest BCUT2D eigenvalue weighted by atomic mass is 10.0. The molecule has 0 atom stereocenters. The largest absolute Gasteiger partial charge is 0.493 e. The first kappa shape index (κ1) is 41.5. The molecule has 3 nitrogen and oxygen atoms in total. The van der Waals surface area contributed by atoms with Gasteiger partial charge in [-0.15, -0.1) is 0 Å². The molecule has 0 radical (unpaired) electrons. The van der Waals surface area contributed by atoms with Crippen LogP contribution in [0.15, 0.2) is 60.7 Å². The minimum absolute atomic E-state index is 0.0599. The Morgan fingerprint density at radius 3 is 1.40 bits per heavy atom. The molecule has 0 aliphatic heterocycles. The molecule has 4 aromatic rings. The lowest BCUT2D eigenvalue weighted by Crippen LogP contribution is -2.15. The normalized spacial score (nSPS) is 11.6. The van der Waals surface area contributed by atoms with Crippen LogP contribution in [0.2, 0.25) is 0 Å². The third-order valence-corrected chi connectivity index (χ3v) is 8.99. The fourth-order valence-electron chi connectivity index (χ4n) is 6.01. The van der Waals surface area contributed by atoms with Crippen LogP contribution in [0, 0.1) is 41.8 Å². The average molecular weight is 751 g/mol. The minimum Gasteiger partial charge on any atom is -0.493 e. The molecule has 4 rings (SSSR count). The van der Waals surface area contributed by atoms with Crippen LogP contribution in [0.3, 0.4) is 0 Å². The highest BCUT2D eigenvalue weighted by molar-refractivity contribution is 5.67. The Bertz CT molecular complexity index is 1780. The van der Waals surface area contributed by atoms with Crippen molar-refractivity contribution in [3.63, 3.8) is 0 Å². The Balaban J connectivity index is 1.02. The highest BCUT2D eigenvalue weighted by Gasteiger charge is 2.27. The van der Waals surface area contributed by atoms with E-state index in [4.69, 9.17) is 14.2 Å². The molecule has 0 saturated carbocycles. The fraction of sp³-hybridized carbons (Fsp3) is 0.429. The predicted octanol–water partition coefficient (Wildman–Crippen LogP) is 13.3. The first-order valence-corrected chi connectivity index (χ1v) is 18.2. The zero-order valence-electron chi connectivity index (χ0n) is 30.1. The third-order valence-electron chi connectivity index (χ3n) is 8.99. The molecule has 0 spiro atoms. The molecule has 0 unspecified atom stereocenters. The molecule has 0 amide bonds. The van der Waals surface area contributed by atoms with E-state index in [9.17, 15) is 35.1 Å². The van der Waals surface area contributed by atoms with Gasteiger partial charge in [0.15, 0.2) is 23.2 Å². The highest BCUT2D eigenvalue weighted by atomic mass is 19.3. The summed E-state index contributed by atoms with van der Waals surface area (Å²) in [7, 11) is 0. The Morgan fingerprint density at radius 2 is 0.906 bits per heavy atom. The lowest BCUT2D eigenvalue weighted by molar-refractivity contribution is -0.0207. The van der Waals surface area contributed by atoms with Gasteiger partial charge in [-0.05, 0) is 81.5 Å².